The van der Waals surface area contributed by atoms with Gasteiger partial charge in [0.1, 0.15) is 5.15 Å². The van der Waals surface area contributed by atoms with Gasteiger partial charge in [0, 0.05) is 11.5 Å². The fourth-order valence-electron chi connectivity index (χ4n) is 2.19. The molecule has 5 nitrogen and oxygen atoms in total. The number of amides is 1. The number of carbonyl (C=O) groups is 1. The van der Waals surface area contributed by atoms with E-state index in [1.165, 1.54) is 13.2 Å². The van der Waals surface area contributed by atoms with Gasteiger partial charge < -0.3 is 4.74 Å². The lowest BCUT2D eigenvalue weighted by molar-refractivity contribution is -0.124. The van der Waals surface area contributed by atoms with Crippen LogP contribution in [0.4, 0.5) is 5.95 Å². The zero-order valence-corrected chi connectivity index (χ0v) is 11.3. The molecule has 0 aromatic carbocycles. The van der Waals surface area contributed by atoms with E-state index in [-0.39, 0.29) is 22.4 Å². The first-order valence-corrected chi connectivity index (χ1v) is 6.31. The molecule has 1 aliphatic carbocycles. The summed E-state index contributed by atoms with van der Waals surface area (Å²) in [5, 5.41) is 2.96. The Morgan fingerprint density at radius 2 is 2.11 bits per heavy atom. The maximum absolute atomic E-state index is 12.2. The fraction of sp³-hybridized carbons (Fsp3) is 0.583. The Morgan fingerprint density at radius 1 is 1.44 bits per heavy atom. The van der Waals surface area contributed by atoms with E-state index in [1.54, 1.807) is 0 Å². The molecule has 1 aromatic heterocycles. The van der Waals surface area contributed by atoms with Crippen LogP contribution in [0, 0.1) is 5.41 Å². The zero-order chi connectivity index (χ0) is 13.2. The molecule has 18 heavy (non-hydrogen) atoms. The number of aromatic nitrogens is 2. The van der Waals surface area contributed by atoms with Crippen molar-refractivity contribution in [1.82, 2.24) is 9.97 Å². The number of methoxy groups -OCH3 is 1. The smallest absolute Gasteiger partial charge is 0.234 e. The molecule has 0 radical (unpaired) electrons. The number of ether oxygens (including phenoxy) is 1. The van der Waals surface area contributed by atoms with Crippen LogP contribution in [0.25, 0.3) is 0 Å². The van der Waals surface area contributed by atoms with Gasteiger partial charge in [-0.05, 0) is 12.8 Å². The van der Waals surface area contributed by atoms with E-state index in [4.69, 9.17) is 16.3 Å². The van der Waals surface area contributed by atoms with Crippen molar-refractivity contribution in [2.24, 2.45) is 5.41 Å². The van der Waals surface area contributed by atoms with Crippen LogP contribution in [-0.4, -0.2) is 23.0 Å². The lowest BCUT2D eigenvalue weighted by Crippen LogP contribution is -2.31. The van der Waals surface area contributed by atoms with E-state index in [0.29, 0.717) is 5.88 Å². The minimum atomic E-state index is -0.321. The molecule has 1 N–H and O–H groups in total. The number of rotatable bonds is 3. The van der Waals surface area contributed by atoms with Gasteiger partial charge in [0.05, 0.1) is 7.11 Å². The zero-order valence-electron chi connectivity index (χ0n) is 10.5. The Labute approximate surface area is 111 Å². The predicted molar refractivity (Wildman–Crippen MR) is 68.8 cm³/mol. The van der Waals surface area contributed by atoms with Crippen LogP contribution in [0.3, 0.4) is 0 Å². The van der Waals surface area contributed by atoms with Gasteiger partial charge in [-0.3, -0.25) is 10.1 Å². The van der Waals surface area contributed by atoms with Gasteiger partial charge >= 0.3 is 0 Å². The van der Waals surface area contributed by atoms with Crippen LogP contribution in [-0.2, 0) is 4.79 Å². The molecule has 0 bridgehead atoms. The average molecular weight is 270 g/mol. The number of nitrogens with zero attached hydrogens (tertiary/aromatic N) is 2. The topological polar surface area (TPSA) is 64.1 Å². The lowest BCUT2D eigenvalue weighted by Gasteiger charge is -2.21. The largest absolute Gasteiger partial charge is 0.481 e. The van der Waals surface area contributed by atoms with Crippen molar-refractivity contribution in [3.8, 4) is 5.88 Å². The van der Waals surface area contributed by atoms with Crippen molar-refractivity contribution < 1.29 is 9.53 Å². The highest BCUT2D eigenvalue weighted by atomic mass is 35.5. The first-order valence-electron chi connectivity index (χ1n) is 5.93. The van der Waals surface area contributed by atoms with E-state index in [2.05, 4.69) is 15.3 Å². The summed E-state index contributed by atoms with van der Waals surface area (Å²) in [6, 6.07) is 1.49. The summed E-state index contributed by atoms with van der Waals surface area (Å²) in [5.41, 5.74) is -0.321. The van der Waals surface area contributed by atoms with Crippen molar-refractivity contribution in [2.75, 3.05) is 12.4 Å². The summed E-state index contributed by atoms with van der Waals surface area (Å²) in [6.07, 6.45) is 3.97. The number of halogens is 1. The van der Waals surface area contributed by atoms with Crippen LogP contribution in [0.5, 0.6) is 5.88 Å². The Kier molecular flexibility index (Phi) is 3.71. The van der Waals surface area contributed by atoms with E-state index in [1.807, 2.05) is 6.92 Å². The Hall–Kier alpha value is -1.36. The van der Waals surface area contributed by atoms with Crippen LogP contribution in [0.2, 0.25) is 5.15 Å². The monoisotopic (exact) mass is 269 g/mol. The Morgan fingerprint density at radius 3 is 2.72 bits per heavy atom. The van der Waals surface area contributed by atoms with Crippen LogP contribution < -0.4 is 10.1 Å². The summed E-state index contributed by atoms with van der Waals surface area (Å²) in [6.45, 7) is 1.97. The van der Waals surface area contributed by atoms with Crippen molar-refractivity contribution >= 4 is 23.5 Å². The molecular weight excluding hydrogens is 254 g/mol. The number of anilines is 1. The number of hydrogen-bond donors (Lipinski definition) is 1. The highest BCUT2D eigenvalue weighted by Gasteiger charge is 2.36. The van der Waals surface area contributed by atoms with Crippen LogP contribution in [0.1, 0.15) is 32.6 Å². The molecule has 0 atom stereocenters. The van der Waals surface area contributed by atoms with E-state index in [0.717, 1.165) is 25.7 Å². The first kappa shape index (κ1) is 13.1. The minimum absolute atomic E-state index is 0.0516. The average Bonchev–Trinajstić information content (AvgIpc) is 2.76. The summed E-state index contributed by atoms with van der Waals surface area (Å²) in [7, 11) is 1.49. The second-order valence-corrected chi connectivity index (χ2v) is 5.17. The summed E-state index contributed by atoms with van der Waals surface area (Å²) >= 11 is 5.82. The van der Waals surface area contributed by atoms with Gasteiger partial charge in [-0.2, -0.15) is 4.98 Å². The predicted octanol–water partition coefficient (Wildman–Crippen LogP) is 2.66. The van der Waals surface area contributed by atoms with Crippen molar-refractivity contribution in [3.63, 3.8) is 0 Å². The SMILES string of the molecule is COc1cc(Cl)nc(NC(=O)C2(C)CCCC2)n1. The van der Waals surface area contributed by atoms with Crippen molar-refractivity contribution in [2.45, 2.75) is 32.6 Å². The van der Waals surface area contributed by atoms with Gasteiger partial charge in [-0.15, -0.1) is 0 Å². The molecule has 1 amide bonds. The van der Waals surface area contributed by atoms with E-state index >= 15 is 0 Å². The second kappa shape index (κ2) is 5.10. The van der Waals surface area contributed by atoms with Crippen molar-refractivity contribution in [3.05, 3.63) is 11.2 Å². The van der Waals surface area contributed by atoms with Gasteiger partial charge in [0.25, 0.3) is 0 Å². The third kappa shape index (κ3) is 2.72. The molecular formula is C12H16ClN3O2. The second-order valence-electron chi connectivity index (χ2n) is 4.78. The number of nitrogens with one attached hydrogen (secondary N) is 1. The number of hydrogen-bond acceptors (Lipinski definition) is 4. The summed E-state index contributed by atoms with van der Waals surface area (Å²) < 4.78 is 4.98. The van der Waals surface area contributed by atoms with Gasteiger partial charge in [0.15, 0.2) is 0 Å². The fourth-order valence-corrected chi connectivity index (χ4v) is 2.37. The normalized spacial score (nSPS) is 17.5. The lowest BCUT2D eigenvalue weighted by atomic mass is 9.88. The molecule has 0 spiro atoms. The molecule has 1 saturated carbocycles. The maximum atomic E-state index is 12.2. The molecule has 6 heteroatoms. The number of carbonyl (C=O) groups excluding carboxylic acids is 1. The Bertz CT molecular complexity index is 459. The maximum Gasteiger partial charge on any atom is 0.234 e. The molecule has 0 saturated heterocycles. The van der Waals surface area contributed by atoms with E-state index in [9.17, 15) is 4.79 Å². The standard InChI is InChI=1S/C12H16ClN3O2/c1-12(5-3-4-6-12)10(17)16-11-14-8(13)7-9(15-11)18-2/h7H,3-6H2,1-2H3,(H,14,15,16,17). The van der Waals surface area contributed by atoms with Crippen LogP contribution >= 0.6 is 11.6 Å². The minimum Gasteiger partial charge on any atom is -0.481 e. The van der Waals surface area contributed by atoms with Gasteiger partial charge in [0.2, 0.25) is 17.7 Å². The van der Waals surface area contributed by atoms with Gasteiger partial charge in [-0.25, -0.2) is 4.98 Å². The highest BCUT2D eigenvalue weighted by molar-refractivity contribution is 6.29. The molecule has 1 aliphatic rings. The molecule has 98 valence electrons. The molecule has 1 heterocycles. The Balaban J connectivity index is 2.13. The summed E-state index contributed by atoms with van der Waals surface area (Å²) in [4.78, 5) is 20.2. The van der Waals surface area contributed by atoms with Crippen molar-refractivity contribution in [1.29, 1.82) is 0 Å². The van der Waals surface area contributed by atoms with Crippen LogP contribution in [0.15, 0.2) is 6.07 Å². The molecule has 1 aromatic rings. The third-order valence-electron chi connectivity index (χ3n) is 3.36. The molecule has 0 aliphatic heterocycles. The summed E-state index contributed by atoms with van der Waals surface area (Å²) in [5.74, 6) is 0.476. The van der Waals surface area contributed by atoms with E-state index < -0.39 is 0 Å². The molecule has 0 unspecified atom stereocenters. The van der Waals surface area contributed by atoms with Gasteiger partial charge in [-0.1, -0.05) is 31.4 Å². The third-order valence-corrected chi connectivity index (χ3v) is 3.55. The quantitative estimate of drug-likeness (QED) is 0.857. The molecule has 2 rings (SSSR count). The molecule has 1 fully saturated rings. The highest BCUT2D eigenvalue weighted by Crippen LogP contribution is 2.38. The first-order chi connectivity index (χ1) is 8.53.